The molecule has 0 aromatic carbocycles. The number of amides is 2. The minimum atomic E-state index is -0.939. The molecule has 0 heterocycles. The second-order valence-electron chi connectivity index (χ2n) is 4.76. The zero-order valence-corrected chi connectivity index (χ0v) is 12.2. The van der Waals surface area contributed by atoms with Crippen LogP contribution >= 0.6 is 0 Å². The molecule has 0 aliphatic heterocycles. The van der Waals surface area contributed by atoms with E-state index in [1.807, 2.05) is 0 Å². The molecule has 0 rings (SSSR count). The topological polar surface area (TPSA) is 122 Å². The molecule has 1 unspecified atom stereocenters. The molecule has 0 saturated heterocycles. The SMILES string of the molecule is CC(C)C(=O)C(CCC(=O)N=O)N=NC(=O)CCCC=O. The van der Waals surface area contributed by atoms with E-state index < -0.39 is 17.9 Å². The lowest BCUT2D eigenvalue weighted by atomic mass is 9.98. The summed E-state index contributed by atoms with van der Waals surface area (Å²) in [6.07, 6.45) is 1.18. The smallest absolute Gasteiger partial charge is 0.286 e. The van der Waals surface area contributed by atoms with E-state index in [2.05, 4.69) is 15.4 Å². The van der Waals surface area contributed by atoms with Gasteiger partial charge >= 0.3 is 0 Å². The van der Waals surface area contributed by atoms with Crippen LogP contribution < -0.4 is 0 Å². The lowest BCUT2D eigenvalue weighted by molar-refractivity contribution is -0.123. The molecule has 1 atom stereocenters. The summed E-state index contributed by atoms with van der Waals surface area (Å²) in [5.74, 6) is -2.00. The van der Waals surface area contributed by atoms with Gasteiger partial charge in [0.2, 0.25) is 0 Å². The van der Waals surface area contributed by atoms with Gasteiger partial charge in [0.15, 0.2) is 5.78 Å². The maximum Gasteiger partial charge on any atom is 0.286 e. The van der Waals surface area contributed by atoms with Crippen LogP contribution in [0.2, 0.25) is 0 Å². The molecule has 0 aliphatic rings. The average Bonchev–Trinajstić information content (AvgIpc) is 2.46. The van der Waals surface area contributed by atoms with Gasteiger partial charge in [-0.1, -0.05) is 13.8 Å². The normalized spacial score (nSPS) is 12.3. The minimum Gasteiger partial charge on any atom is -0.303 e. The standard InChI is InChI=1S/C13H19N3O5/c1-9(2)13(20)10(6-7-12(19)16-21)14-15-11(18)5-3-4-8-17/h8-10H,3-7H2,1-2H3. The van der Waals surface area contributed by atoms with Crippen LogP contribution in [-0.2, 0) is 19.2 Å². The van der Waals surface area contributed by atoms with Crippen LogP contribution in [0.5, 0.6) is 0 Å². The van der Waals surface area contributed by atoms with Gasteiger partial charge in [0.1, 0.15) is 12.3 Å². The molecule has 0 aliphatic carbocycles. The monoisotopic (exact) mass is 297 g/mol. The first-order valence-corrected chi connectivity index (χ1v) is 6.69. The molecule has 0 bridgehead atoms. The van der Waals surface area contributed by atoms with E-state index in [1.165, 1.54) is 0 Å². The molecule has 0 spiro atoms. The van der Waals surface area contributed by atoms with Crippen molar-refractivity contribution in [2.24, 2.45) is 21.3 Å². The predicted molar refractivity (Wildman–Crippen MR) is 73.4 cm³/mol. The molecule has 0 radical (unpaired) electrons. The lowest BCUT2D eigenvalue weighted by Crippen LogP contribution is -2.24. The summed E-state index contributed by atoms with van der Waals surface area (Å²) in [4.78, 5) is 54.3. The van der Waals surface area contributed by atoms with Gasteiger partial charge in [-0.05, 0) is 12.8 Å². The number of unbranched alkanes of at least 4 members (excludes halogenated alkanes) is 1. The fraction of sp³-hybridized carbons (Fsp3) is 0.692. The largest absolute Gasteiger partial charge is 0.303 e. The highest BCUT2D eigenvalue weighted by atomic mass is 16.3. The molecule has 8 nitrogen and oxygen atoms in total. The van der Waals surface area contributed by atoms with Gasteiger partial charge in [-0.25, -0.2) is 0 Å². The van der Waals surface area contributed by atoms with Gasteiger partial charge in [0.05, 0.1) is 0 Å². The Morgan fingerprint density at radius 1 is 1.10 bits per heavy atom. The van der Waals surface area contributed by atoms with Gasteiger partial charge in [-0.15, -0.1) is 10.0 Å². The van der Waals surface area contributed by atoms with Gasteiger partial charge in [0.25, 0.3) is 11.8 Å². The second-order valence-corrected chi connectivity index (χ2v) is 4.76. The van der Waals surface area contributed by atoms with Gasteiger partial charge < -0.3 is 4.79 Å². The predicted octanol–water partition coefficient (Wildman–Crippen LogP) is 2.00. The zero-order chi connectivity index (χ0) is 16.3. The summed E-state index contributed by atoms with van der Waals surface area (Å²) in [6, 6.07) is -0.939. The van der Waals surface area contributed by atoms with Crippen molar-refractivity contribution in [2.45, 2.75) is 52.0 Å². The minimum absolute atomic E-state index is 0.00724. The number of rotatable bonds is 10. The highest BCUT2D eigenvalue weighted by Crippen LogP contribution is 2.11. The van der Waals surface area contributed by atoms with Crippen LogP contribution in [0.3, 0.4) is 0 Å². The maximum absolute atomic E-state index is 11.9. The van der Waals surface area contributed by atoms with Crippen molar-refractivity contribution in [1.82, 2.24) is 0 Å². The highest BCUT2D eigenvalue weighted by molar-refractivity contribution is 5.87. The number of carbonyl (C=O) groups is 4. The van der Waals surface area contributed by atoms with Crippen molar-refractivity contribution >= 4 is 23.9 Å². The molecule has 0 saturated carbocycles. The van der Waals surface area contributed by atoms with E-state index in [-0.39, 0.29) is 37.4 Å². The molecule has 0 aromatic heterocycles. The molecule has 21 heavy (non-hydrogen) atoms. The molecule has 0 N–H and O–H groups in total. The Balaban J connectivity index is 4.61. The molecule has 8 heteroatoms. The van der Waals surface area contributed by atoms with Crippen molar-refractivity contribution < 1.29 is 19.2 Å². The molecular weight excluding hydrogens is 278 g/mol. The molecule has 0 fully saturated rings. The number of azo groups is 1. The van der Waals surface area contributed by atoms with Crippen molar-refractivity contribution in [2.75, 3.05) is 0 Å². The summed E-state index contributed by atoms with van der Waals surface area (Å²) < 4.78 is 0. The Labute approximate surface area is 122 Å². The fourth-order valence-electron chi connectivity index (χ4n) is 1.47. The third-order valence-electron chi connectivity index (χ3n) is 2.65. The van der Waals surface area contributed by atoms with E-state index in [0.29, 0.717) is 12.7 Å². The summed E-state index contributed by atoms with van der Waals surface area (Å²) in [7, 11) is 0. The first kappa shape index (κ1) is 18.9. The Bertz CT molecular complexity index is 432. The van der Waals surface area contributed by atoms with E-state index in [0.717, 1.165) is 0 Å². The molecule has 116 valence electrons. The molecule has 0 aromatic rings. The number of ketones is 1. The number of carbonyl (C=O) groups excluding carboxylic acids is 4. The van der Waals surface area contributed by atoms with Crippen LogP contribution in [0.1, 0.15) is 46.0 Å². The number of hydrogen-bond acceptors (Lipinski definition) is 6. The second kappa shape index (κ2) is 10.6. The third kappa shape index (κ3) is 8.61. The Kier molecular flexibility index (Phi) is 9.57. The van der Waals surface area contributed by atoms with Crippen LogP contribution in [0.15, 0.2) is 15.4 Å². The first-order chi connectivity index (χ1) is 9.92. The van der Waals surface area contributed by atoms with E-state index >= 15 is 0 Å². The Morgan fingerprint density at radius 3 is 2.29 bits per heavy atom. The maximum atomic E-state index is 11.9. The summed E-state index contributed by atoms with van der Waals surface area (Å²) >= 11 is 0. The average molecular weight is 297 g/mol. The third-order valence-corrected chi connectivity index (χ3v) is 2.65. The Hall–Kier alpha value is -2.12. The highest BCUT2D eigenvalue weighted by Gasteiger charge is 2.22. The van der Waals surface area contributed by atoms with Crippen molar-refractivity contribution in [3.8, 4) is 0 Å². The van der Waals surface area contributed by atoms with Gasteiger partial charge in [0, 0.05) is 30.4 Å². The van der Waals surface area contributed by atoms with Gasteiger partial charge in [-0.3, -0.25) is 14.4 Å². The fourth-order valence-corrected chi connectivity index (χ4v) is 1.47. The number of nitroso groups, excluding NO2 is 1. The number of aldehydes is 1. The zero-order valence-electron chi connectivity index (χ0n) is 12.2. The van der Waals surface area contributed by atoms with Crippen molar-refractivity contribution in [3.63, 3.8) is 0 Å². The van der Waals surface area contributed by atoms with Crippen molar-refractivity contribution in [3.05, 3.63) is 4.91 Å². The van der Waals surface area contributed by atoms with Crippen LogP contribution in [-0.4, -0.2) is 29.9 Å². The van der Waals surface area contributed by atoms with Crippen LogP contribution in [0.4, 0.5) is 0 Å². The Morgan fingerprint density at radius 2 is 1.76 bits per heavy atom. The van der Waals surface area contributed by atoms with Crippen LogP contribution in [0, 0.1) is 10.8 Å². The van der Waals surface area contributed by atoms with E-state index in [4.69, 9.17) is 0 Å². The van der Waals surface area contributed by atoms with Gasteiger partial charge in [-0.2, -0.15) is 5.11 Å². The van der Waals surface area contributed by atoms with E-state index in [9.17, 15) is 24.1 Å². The number of nitrogens with zero attached hydrogens (tertiary/aromatic N) is 3. The molecule has 2 amide bonds. The lowest BCUT2D eigenvalue weighted by Gasteiger charge is -2.11. The molecular formula is C13H19N3O5. The summed E-state index contributed by atoms with van der Waals surface area (Å²) in [5, 5.41) is 9.34. The van der Waals surface area contributed by atoms with Crippen molar-refractivity contribution in [1.29, 1.82) is 0 Å². The number of hydrogen-bond donors (Lipinski definition) is 0. The van der Waals surface area contributed by atoms with Crippen LogP contribution in [0.25, 0.3) is 0 Å². The first-order valence-electron chi connectivity index (χ1n) is 6.69. The van der Waals surface area contributed by atoms with E-state index in [1.54, 1.807) is 13.8 Å². The number of Topliss-reactive ketones (excluding diaryl/α,β-unsaturated/α-hetero) is 1. The summed E-state index contributed by atoms with van der Waals surface area (Å²) in [6.45, 7) is 3.33. The quantitative estimate of drug-likeness (QED) is 0.264. The summed E-state index contributed by atoms with van der Waals surface area (Å²) in [5.41, 5.74) is 0.